The van der Waals surface area contributed by atoms with E-state index >= 15 is 0 Å². The summed E-state index contributed by atoms with van der Waals surface area (Å²) in [5, 5.41) is 0. The zero-order chi connectivity index (χ0) is 22.2. The van der Waals surface area contributed by atoms with Crippen molar-refractivity contribution in [2.45, 2.75) is 0 Å². The summed E-state index contributed by atoms with van der Waals surface area (Å²) in [7, 11) is 1.66. The van der Waals surface area contributed by atoms with E-state index in [9.17, 15) is 4.79 Å². The number of benzene rings is 3. The molecule has 0 unspecified atom stereocenters. The topological polar surface area (TPSA) is 51.2 Å². The number of hydrogen-bond acceptors (Lipinski definition) is 5. The van der Waals surface area contributed by atoms with Crippen LogP contribution in [0, 0.1) is 0 Å². The quantitative estimate of drug-likeness (QED) is 0.502. The minimum atomic E-state index is -0.000964. The summed E-state index contributed by atoms with van der Waals surface area (Å²) in [4.78, 5) is 17.4. The van der Waals surface area contributed by atoms with Gasteiger partial charge >= 0.3 is 0 Å². The van der Waals surface area contributed by atoms with Gasteiger partial charge in [-0.3, -0.25) is 4.79 Å². The van der Waals surface area contributed by atoms with Gasteiger partial charge in [0.2, 0.25) is 0 Å². The number of piperazine rings is 1. The first-order chi connectivity index (χ1) is 15.7. The molecule has 0 aliphatic carbocycles. The molecule has 1 heterocycles. The van der Waals surface area contributed by atoms with E-state index in [2.05, 4.69) is 17.0 Å². The minimum absolute atomic E-state index is 0.000964. The van der Waals surface area contributed by atoms with Crippen LogP contribution in [0.3, 0.4) is 0 Å². The van der Waals surface area contributed by atoms with Crippen LogP contribution in [0.2, 0.25) is 0 Å². The lowest BCUT2D eigenvalue weighted by Gasteiger charge is -2.36. The van der Waals surface area contributed by atoms with Gasteiger partial charge in [0.25, 0.3) is 5.91 Å². The van der Waals surface area contributed by atoms with Crippen LogP contribution in [0.25, 0.3) is 0 Å². The molecule has 0 spiro atoms. The van der Waals surface area contributed by atoms with Crippen LogP contribution >= 0.6 is 0 Å². The van der Waals surface area contributed by atoms with Crippen LogP contribution in [-0.2, 0) is 0 Å². The van der Waals surface area contributed by atoms with Crippen LogP contribution in [-0.4, -0.2) is 57.3 Å². The number of para-hydroxylation sites is 2. The summed E-state index contributed by atoms with van der Waals surface area (Å²) in [5.74, 6) is 2.23. The molecule has 1 saturated heterocycles. The highest BCUT2D eigenvalue weighted by Crippen LogP contribution is 2.23. The van der Waals surface area contributed by atoms with Crippen LogP contribution in [0.15, 0.2) is 78.9 Å². The standard InChI is InChI=1S/C26H28N2O4/c1-30-22-13-11-21(12-14-22)27-15-17-28(18-16-27)26(29)24-9-5-6-10-25(24)32-20-19-31-23-7-3-2-4-8-23/h2-14H,15-20H2,1H3. The summed E-state index contributed by atoms with van der Waals surface area (Å²) in [5.41, 5.74) is 1.73. The highest BCUT2D eigenvalue weighted by molar-refractivity contribution is 5.97. The number of carbonyl (C=O) groups is 1. The Labute approximate surface area is 188 Å². The van der Waals surface area contributed by atoms with E-state index < -0.39 is 0 Å². The van der Waals surface area contributed by atoms with Gasteiger partial charge in [0.1, 0.15) is 30.5 Å². The number of ether oxygens (including phenoxy) is 3. The SMILES string of the molecule is COc1ccc(N2CCN(C(=O)c3ccccc3OCCOc3ccccc3)CC2)cc1. The van der Waals surface area contributed by atoms with Gasteiger partial charge in [0, 0.05) is 31.9 Å². The maximum Gasteiger partial charge on any atom is 0.257 e. The monoisotopic (exact) mass is 432 g/mol. The molecule has 0 aromatic heterocycles. The molecule has 1 fully saturated rings. The van der Waals surface area contributed by atoms with Gasteiger partial charge in [-0.05, 0) is 48.5 Å². The molecule has 3 aromatic rings. The van der Waals surface area contributed by atoms with E-state index in [0.29, 0.717) is 37.6 Å². The molecule has 0 saturated carbocycles. The lowest BCUT2D eigenvalue weighted by molar-refractivity contribution is 0.0741. The minimum Gasteiger partial charge on any atom is -0.497 e. The molecule has 166 valence electrons. The van der Waals surface area contributed by atoms with E-state index in [0.717, 1.165) is 30.3 Å². The molecule has 0 atom stereocenters. The van der Waals surface area contributed by atoms with Crippen molar-refractivity contribution in [1.29, 1.82) is 0 Å². The average Bonchev–Trinajstić information content (AvgIpc) is 2.87. The summed E-state index contributed by atoms with van der Waals surface area (Å²) < 4.78 is 16.8. The molecule has 6 heteroatoms. The van der Waals surface area contributed by atoms with Gasteiger partial charge < -0.3 is 24.0 Å². The van der Waals surface area contributed by atoms with Gasteiger partial charge in [0.15, 0.2) is 0 Å². The van der Waals surface area contributed by atoms with Gasteiger partial charge in [-0.25, -0.2) is 0 Å². The number of amides is 1. The van der Waals surface area contributed by atoms with Crippen LogP contribution in [0.5, 0.6) is 17.2 Å². The first-order valence-electron chi connectivity index (χ1n) is 10.8. The fraction of sp³-hybridized carbons (Fsp3) is 0.269. The van der Waals surface area contributed by atoms with Crippen molar-refractivity contribution in [1.82, 2.24) is 4.90 Å². The Kier molecular flexibility index (Phi) is 7.12. The zero-order valence-electron chi connectivity index (χ0n) is 18.3. The van der Waals surface area contributed by atoms with E-state index in [1.807, 2.05) is 71.6 Å². The van der Waals surface area contributed by atoms with Gasteiger partial charge in [-0.2, -0.15) is 0 Å². The Morgan fingerprint density at radius 1 is 0.750 bits per heavy atom. The van der Waals surface area contributed by atoms with Crippen LogP contribution < -0.4 is 19.1 Å². The van der Waals surface area contributed by atoms with Gasteiger partial charge in [0.05, 0.1) is 12.7 Å². The second-order valence-electron chi connectivity index (χ2n) is 7.48. The number of hydrogen-bond donors (Lipinski definition) is 0. The van der Waals surface area contributed by atoms with Crippen molar-refractivity contribution in [2.75, 3.05) is 51.4 Å². The maximum absolute atomic E-state index is 13.2. The normalized spacial score (nSPS) is 13.5. The lowest BCUT2D eigenvalue weighted by Crippen LogP contribution is -2.48. The van der Waals surface area contributed by atoms with Crippen molar-refractivity contribution in [2.24, 2.45) is 0 Å². The number of methoxy groups -OCH3 is 1. The molecule has 32 heavy (non-hydrogen) atoms. The summed E-state index contributed by atoms with van der Waals surface area (Å²) in [6, 6.07) is 25.1. The molecule has 3 aromatic carbocycles. The molecule has 1 aliphatic rings. The van der Waals surface area contributed by atoms with Crippen molar-refractivity contribution < 1.29 is 19.0 Å². The van der Waals surface area contributed by atoms with E-state index in [-0.39, 0.29) is 5.91 Å². The Balaban J connectivity index is 1.31. The molecule has 4 rings (SSSR count). The number of anilines is 1. The second-order valence-corrected chi connectivity index (χ2v) is 7.48. The largest absolute Gasteiger partial charge is 0.497 e. The van der Waals surface area contributed by atoms with Crippen LogP contribution in [0.1, 0.15) is 10.4 Å². The molecule has 1 aliphatic heterocycles. The first kappa shape index (κ1) is 21.6. The first-order valence-corrected chi connectivity index (χ1v) is 10.8. The Bertz CT molecular complexity index is 1000. The second kappa shape index (κ2) is 10.6. The summed E-state index contributed by atoms with van der Waals surface area (Å²) in [6.45, 7) is 3.67. The van der Waals surface area contributed by atoms with Crippen molar-refractivity contribution in [3.8, 4) is 17.2 Å². The van der Waals surface area contributed by atoms with E-state index in [1.54, 1.807) is 7.11 Å². The Morgan fingerprint density at radius 2 is 1.41 bits per heavy atom. The van der Waals surface area contributed by atoms with Crippen molar-refractivity contribution in [3.05, 3.63) is 84.4 Å². The van der Waals surface area contributed by atoms with Crippen molar-refractivity contribution >= 4 is 11.6 Å². The van der Waals surface area contributed by atoms with Crippen molar-refractivity contribution in [3.63, 3.8) is 0 Å². The smallest absolute Gasteiger partial charge is 0.257 e. The fourth-order valence-corrected chi connectivity index (χ4v) is 3.73. The number of nitrogens with zero attached hydrogens (tertiary/aromatic N) is 2. The average molecular weight is 433 g/mol. The number of carbonyl (C=O) groups excluding carboxylic acids is 1. The predicted octanol–water partition coefficient (Wildman–Crippen LogP) is 4.12. The molecular weight excluding hydrogens is 404 g/mol. The van der Waals surface area contributed by atoms with E-state index in [4.69, 9.17) is 14.2 Å². The molecule has 0 bridgehead atoms. The Morgan fingerprint density at radius 3 is 2.12 bits per heavy atom. The van der Waals surface area contributed by atoms with E-state index in [1.165, 1.54) is 0 Å². The fourth-order valence-electron chi connectivity index (χ4n) is 3.73. The number of rotatable bonds is 8. The molecule has 6 nitrogen and oxygen atoms in total. The summed E-state index contributed by atoms with van der Waals surface area (Å²) in [6.07, 6.45) is 0. The summed E-state index contributed by atoms with van der Waals surface area (Å²) >= 11 is 0. The highest BCUT2D eigenvalue weighted by Gasteiger charge is 2.24. The molecule has 1 amide bonds. The highest BCUT2D eigenvalue weighted by atomic mass is 16.5. The molecule has 0 radical (unpaired) electrons. The molecular formula is C26H28N2O4. The van der Waals surface area contributed by atoms with Gasteiger partial charge in [-0.15, -0.1) is 0 Å². The predicted molar refractivity (Wildman–Crippen MR) is 125 cm³/mol. The third kappa shape index (κ3) is 5.32. The lowest BCUT2D eigenvalue weighted by atomic mass is 10.1. The molecule has 0 N–H and O–H groups in total. The zero-order valence-corrected chi connectivity index (χ0v) is 18.3. The maximum atomic E-state index is 13.2. The third-order valence-corrected chi connectivity index (χ3v) is 5.47. The van der Waals surface area contributed by atoms with Gasteiger partial charge in [-0.1, -0.05) is 30.3 Å². The Hall–Kier alpha value is -3.67. The van der Waals surface area contributed by atoms with Crippen LogP contribution in [0.4, 0.5) is 5.69 Å². The third-order valence-electron chi connectivity index (χ3n) is 5.47.